The predicted molar refractivity (Wildman–Crippen MR) is 107 cm³/mol. The number of nitrogens with one attached hydrogen (secondary N) is 3. The Morgan fingerprint density at radius 2 is 2.21 bits per heavy atom. The van der Waals surface area contributed by atoms with E-state index in [1.54, 1.807) is 37.5 Å². The fourth-order valence-corrected chi connectivity index (χ4v) is 3.44. The lowest BCUT2D eigenvalue weighted by Gasteiger charge is -2.16. The van der Waals surface area contributed by atoms with Gasteiger partial charge in [-0.2, -0.15) is 0 Å². The van der Waals surface area contributed by atoms with Crippen molar-refractivity contribution in [1.82, 2.24) is 15.3 Å². The van der Waals surface area contributed by atoms with E-state index in [2.05, 4.69) is 20.6 Å². The molecular weight excluding hydrogens is 375 g/mol. The lowest BCUT2D eigenvalue weighted by molar-refractivity contribution is 0.0947. The van der Waals surface area contributed by atoms with Crippen LogP contribution in [0.25, 0.3) is 11.3 Å². The quantitative estimate of drug-likeness (QED) is 0.514. The first-order chi connectivity index (χ1) is 14.1. The van der Waals surface area contributed by atoms with Crippen molar-refractivity contribution in [1.29, 1.82) is 0 Å². The Bertz CT molecular complexity index is 1060. The van der Waals surface area contributed by atoms with Crippen LogP contribution >= 0.6 is 0 Å². The van der Waals surface area contributed by atoms with Gasteiger partial charge in [0.2, 0.25) is 0 Å². The number of rotatable bonds is 6. The minimum Gasteiger partial charge on any atom is -0.489 e. The molecule has 1 aliphatic rings. The zero-order valence-electron chi connectivity index (χ0n) is 15.9. The second-order valence-electron chi connectivity index (χ2n) is 6.72. The highest BCUT2D eigenvalue weighted by atomic mass is 19.1. The third-order valence-electron chi connectivity index (χ3n) is 4.90. The molecule has 3 heterocycles. The molecular formula is C21H21FN4O3. The number of aromatic nitrogens is 2. The summed E-state index contributed by atoms with van der Waals surface area (Å²) in [5.74, 6) is -0.0574. The molecule has 0 radical (unpaired) electrons. The number of aliphatic hydroxyl groups excluding tert-OH is 1. The Balaban J connectivity index is 1.87. The van der Waals surface area contributed by atoms with Gasteiger partial charge in [-0.3, -0.25) is 9.78 Å². The maximum absolute atomic E-state index is 14.1. The van der Waals surface area contributed by atoms with E-state index in [4.69, 9.17) is 9.84 Å². The van der Waals surface area contributed by atoms with E-state index in [1.807, 2.05) is 0 Å². The number of ether oxygens (including phenoxy) is 1. The van der Waals surface area contributed by atoms with Crippen LogP contribution in [0.3, 0.4) is 0 Å². The maximum Gasteiger partial charge on any atom is 0.255 e. The fourth-order valence-electron chi connectivity index (χ4n) is 3.44. The minimum atomic E-state index is -0.332. The average molecular weight is 396 g/mol. The van der Waals surface area contributed by atoms with E-state index in [9.17, 15) is 9.18 Å². The minimum absolute atomic E-state index is 0.116. The molecule has 8 heteroatoms. The van der Waals surface area contributed by atoms with Crippen LogP contribution in [0, 0.1) is 12.7 Å². The normalized spacial score (nSPS) is 13.0. The Kier molecular flexibility index (Phi) is 5.18. The molecule has 0 aliphatic carbocycles. The molecule has 150 valence electrons. The number of aliphatic hydroxyl groups is 1. The summed E-state index contributed by atoms with van der Waals surface area (Å²) < 4.78 is 19.7. The Hall–Kier alpha value is -3.39. The first kappa shape index (κ1) is 18.9. The number of benzene rings is 1. The summed E-state index contributed by atoms with van der Waals surface area (Å²) in [6.07, 6.45) is 3.83. The topological polar surface area (TPSA) is 99.3 Å². The third-order valence-corrected chi connectivity index (χ3v) is 4.90. The Morgan fingerprint density at radius 1 is 1.34 bits per heavy atom. The first-order valence-electron chi connectivity index (χ1n) is 9.33. The standard InChI is InChI=1S/C21H21FN4O3/c1-12-14(22)3-2-4-15(12)25-20-18-16(6-8-24-21(18)28)26-19(20)13-5-7-23-11-17(13)29-10-9-27/h2-5,7,11,25-27H,6,8-10H2,1H3,(H,24,28). The molecule has 1 amide bonds. The fraction of sp³-hybridized carbons (Fsp3) is 0.238. The molecule has 0 saturated heterocycles. The second-order valence-corrected chi connectivity index (χ2v) is 6.72. The molecule has 2 aromatic heterocycles. The van der Waals surface area contributed by atoms with Gasteiger partial charge in [-0.15, -0.1) is 0 Å². The number of nitrogens with zero attached hydrogens (tertiary/aromatic N) is 1. The SMILES string of the molecule is Cc1c(F)cccc1Nc1c(-c2ccncc2OCCO)[nH]c2c1C(=O)NCC2. The summed E-state index contributed by atoms with van der Waals surface area (Å²) in [6, 6.07) is 6.54. The van der Waals surface area contributed by atoms with Crippen LogP contribution in [0.15, 0.2) is 36.7 Å². The molecule has 0 atom stereocenters. The summed E-state index contributed by atoms with van der Waals surface area (Å²) in [5, 5.41) is 15.2. The number of carbonyl (C=O) groups is 1. The largest absolute Gasteiger partial charge is 0.489 e. The predicted octanol–water partition coefficient (Wildman–Crippen LogP) is 2.92. The highest BCUT2D eigenvalue weighted by Crippen LogP contribution is 2.40. The molecule has 1 aliphatic heterocycles. The number of hydrogen-bond acceptors (Lipinski definition) is 5. The zero-order chi connectivity index (χ0) is 20.4. The third kappa shape index (κ3) is 3.54. The molecule has 1 aromatic carbocycles. The summed E-state index contributed by atoms with van der Waals surface area (Å²) >= 11 is 0. The van der Waals surface area contributed by atoms with Gasteiger partial charge in [0, 0.05) is 41.7 Å². The highest BCUT2D eigenvalue weighted by Gasteiger charge is 2.28. The van der Waals surface area contributed by atoms with E-state index >= 15 is 0 Å². The number of halogens is 1. The second kappa shape index (κ2) is 7.92. The highest BCUT2D eigenvalue weighted by molar-refractivity contribution is 6.06. The van der Waals surface area contributed by atoms with Crippen LogP contribution in [0.5, 0.6) is 5.75 Å². The van der Waals surface area contributed by atoms with E-state index in [-0.39, 0.29) is 24.9 Å². The molecule has 0 saturated carbocycles. The van der Waals surface area contributed by atoms with Crippen molar-refractivity contribution in [3.8, 4) is 17.0 Å². The Morgan fingerprint density at radius 3 is 3.03 bits per heavy atom. The number of hydrogen-bond donors (Lipinski definition) is 4. The smallest absolute Gasteiger partial charge is 0.255 e. The van der Waals surface area contributed by atoms with Gasteiger partial charge in [0.1, 0.15) is 18.2 Å². The van der Waals surface area contributed by atoms with Crippen molar-refractivity contribution in [3.05, 3.63) is 59.3 Å². The van der Waals surface area contributed by atoms with Crippen molar-refractivity contribution >= 4 is 17.3 Å². The van der Waals surface area contributed by atoms with Crippen molar-refractivity contribution in [2.75, 3.05) is 25.1 Å². The first-order valence-corrected chi connectivity index (χ1v) is 9.33. The van der Waals surface area contributed by atoms with Crippen molar-refractivity contribution in [2.24, 2.45) is 0 Å². The molecule has 0 unspecified atom stereocenters. The van der Waals surface area contributed by atoms with Gasteiger partial charge in [0.15, 0.2) is 0 Å². The summed E-state index contributed by atoms with van der Waals surface area (Å²) in [4.78, 5) is 20.1. The Labute approximate surface area is 166 Å². The zero-order valence-corrected chi connectivity index (χ0v) is 15.9. The van der Waals surface area contributed by atoms with Crippen molar-refractivity contribution < 1.29 is 19.0 Å². The molecule has 3 aromatic rings. The van der Waals surface area contributed by atoms with Crippen LogP contribution < -0.4 is 15.4 Å². The molecule has 4 N–H and O–H groups in total. The van der Waals surface area contributed by atoms with E-state index in [0.717, 1.165) is 5.69 Å². The molecule has 4 rings (SSSR count). The lowest BCUT2D eigenvalue weighted by Crippen LogP contribution is -2.31. The lowest BCUT2D eigenvalue weighted by atomic mass is 10.0. The number of amides is 1. The molecule has 0 spiro atoms. The van der Waals surface area contributed by atoms with Crippen LogP contribution in [0.4, 0.5) is 15.8 Å². The van der Waals surface area contributed by atoms with Crippen LogP contribution in [-0.4, -0.2) is 40.7 Å². The van der Waals surface area contributed by atoms with Crippen molar-refractivity contribution in [3.63, 3.8) is 0 Å². The number of carbonyl (C=O) groups excluding carboxylic acids is 1. The summed E-state index contributed by atoms with van der Waals surface area (Å²) in [6.45, 7) is 2.20. The van der Waals surface area contributed by atoms with E-state index in [0.29, 0.717) is 52.5 Å². The van der Waals surface area contributed by atoms with Gasteiger partial charge >= 0.3 is 0 Å². The van der Waals surface area contributed by atoms with Gasteiger partial charge in [-0.25, -0.2) is 4.39 Å². The van der Waals surface area contributed by atoms with Gasteiger partial charge in [0.25, 0.3) is 5.91 Å². The van der Waals surface area contributed by atoms with Crippen LogP contribution in [-0.2, 0) is 6.42 Å². The van der Waals surface area contributed by atoms with Crippen molar-refractivity contribution in [2.45, 2.75) is 13.3 Å². The number of aromatic amines is 1. The molecule has 0 bridgehead atoms. The number of fused-ring (bicyclic) bond motifs is 1. The molecule has 7 nitrogen and oxygen atoms in total. The monoisotopic (exact) mass is 396 g/mol. The van der Waals surface area contributed by atoms with Gasteiger partial charge < -0.3 is 25.5 Å². The number of H-pyrrole nitrogens is 1. The van der Waals surface area contributed by atoms with Crippen LogP contribution in [0.2, 0.25) is 0 Å². The van der Waals surface area contributed by atoms with Gasteiger partial charge in [0.05, 0.1) is 29.7 Å². The van der Waals surface area contributed by atoms with Crippen LogP contribution in [0.1, 0.15) is 21.6 Å². The van der Waals surface area contributed by atoms with Gasteiger partial charge in [-0.1, -0.05) is 6.07 Å². The number of anilines is 2. The van der Waals surface area contributed by atoms with Gasteiger partial charge in [-0.05, 0) is 25.1 Å². The summed E-state index contributed by atoms with van der Waals surface area (Å²) in [7, 11) is 0. The average Bonchev–Trinajstić information content (AvgIpc) is 3.09. The van der Waals surface area contributed by atoms with E-state index in [1.165, 1.54) is 6.07 Å². The maximum atomic E-state index is 14.1. The molecule has 29 heavy (non-hydrogen) atoms. The van der Waals surface area contributed by atoms with E-state index < -0.39 is 0 Å². The number of pyridine rings is 1. The summed E-state index contributed by atoms with van der Waals surface area (Å²) in [5.41, 5.74) is 4.20. The molecule has 0 fully saturated rings.